The van der Waals surface area contributed by atoms with Crippen molar-refractivity contribution in [2.24, 2.45) is 5.73 Å². The van der Waals surface area contributed by atoms with E-state index in [1.807, 2.05) is 0 Å². The molecule has 14 N–H and O–H groups in total. The quantitative estimate of drug-likeness (QED) is 0.0907. The van der Waals surface area contributed by atoms with E-state index in [-0.39, 0.29) is 0 Å². The van der Waals surface area contributed by atoms with Crippen LogP contribution in [0.3, 0.4) is 0 Å². The average Bonchev–Trinajstić information content (AvgIpc) is 3.30. The van der Waals surface area contributed by atoms with Gasteiger partial charge in [0.1, 0.15) is 67.1 Å². The van der Waals surface area contributed by atoms with E-state index in [0.29, 0.717) is 6.08 Å². The second kappa shape index (κ2) is 13.6. The molecule has 3 heterocycles. The Labute approximate surface area is 235 Å². The van der Waals surface area contributed by atoms with Gasteiger partial charge >= 0.3 is 0 Å². The van der Waals surface area contributed by atoms with Crippen molar-refractivity contribution >= 4 is 17.7 Å². The molecule has 20 nitrogen and oxygen atoms in total. The van der Waals surface area contributed by atoms with Gasteiger partial charge in [-0.15, -0.1) is 0 Å². The predicted molar refractivity (Wildman–Crippen MR) is 126 cm³/mol. The Bertz CT molecular complexity index is 1030. The standard InChI is InChI=1S/C22H34N2O18/c23-21(37)22(38,5-1-9(27)24-18(5)36)17(35)10(28)6(26)3-39-19-16(34)14(32)12(30)8(42-19)4-40-20-15(33)13(31)11(29)7(2-25)41-20/h1,6-8,10-17,19-20,25-26,28-35,38H,2-4H2,(H2,23,37)(H,24,27,36)/t6-,7-,8-,10-,11-,12-,13+,14+,15-,16-,17+,19+,20+,22-/m1/s1. The third-order valence-corrected chi connectivity index (χ3v) is 7.06. The minimum Gasteiger partial charge on any atom is -0.394 e. The van der Waals surface area contributed by atoms with Crippen LogP contribution in [0.5, 0.6) is 0 Å². The molecule has 42 heavy (non-hydrogen) atoms. The molecule has 240 valence electrons. The lowest BCUT2D eigenvalue weighted by atomic mass is 9.83. The smallest absolute Gasteiger partial charge is 0.257 e. The van der Waals surface area contributed by atoms with E-state index in [2.05, 4.69) is 0 Å². The number of carbonyl (C=O) groups excluding carboxylic acids is 3. The molecular weight excluding hydrogens is 580 g/mol. The summed E-state index contributed by atoms with van der Waals surface area (Å²) in [6.07, 6.45) is -24.3. The summed E-state index contributed by atoms with van der Waals surface area (Å²) in [4.78, 5) is 35.3. The predicted octanol–water partition coefficient (Wildman–Crippen LogP) is -9.49. The summed E-state index contributed by atoms with van der Waals surface area (Å²) in [7, 11) is 0. The van der Waals surface area contributed by atoms with Crippen LogP contribution in [0.2, 0.25) is 0 Å². The van der Waals surface area contributed by atoms with Crippen molar-refractivity contribution < 1.29 is 89.5 Å². The molecule has 2 saturated heterocycles. The molecule has 0 aromatic heterocycles. The zero-order chi connectivity index (χ0) is 31.7. The molecule has 0 bridgehead atoms. The van der Waals surface area contributed by atoms with Crippen LogP contribution in [0.15, 0.2) is 11.6 Å². The molecule has 0 aromatic carbocycles. The molecule has 14 atom stereocenters. The molecule has 0 radical (unpaired) electrons. The maximum Gasteiger partial charge on any atom is 0.257 e. The lowest BCUT2D eigenvalue weighted by molar-refractivity contribution is -0.333. The second-order valence-corrected chi connectivity index (χ2v) is 9.89. The number of aliphatic hydroxyl groups excluding tert-OH is 10. The molecular formula is C22H34N2O18. The number of aliphatic hydroxyl groups is 11. The van der Waals surface area contributed by atoms with Gasteiger partial charge in [-0.2, -0.15) is 0 Å². The van der Waals surface area contributed by atoms with Gasteiger partial charge in [-0.05, 0) is 0 Å². The van der Waals surface area contributed by atoms with Gasteiger partial charge in [0.05, 0.1) is 25.4 Å². The van der Waals surface area contributed by atoms with E-state index in [4.69, 9.17) is 24.7 Å². The minimum absolute atomic E-state index is 0.456. The fraction of sp³-hybridized carbons (Fsp3) is 0.773. The van der Waals surface area contributed by atoms with Gasteiger partial charge in [0, 0.05) is 6.08 Å². The van der Waals surface area contributed by atoms with Crippen molar-refractivity contribution in [3.8, 4) is 0 Å². The highest BCUT2D eigenvalue weighted by Gasteiger charge is 2.54. The van der Waals surface area contributed by atoms with E-state index in [1.54, 1.807) is 5.32 Å². The summed E-state index contributed by atoms with van der Waals surface area (Å²) >= 11 is 0. The Kier molecular flexibility index (Phi) is 11.1. The van der Waals surface area contributed by atoms with Crippen LogP contribution in [0, 0.1) is 0 Å². The molecule has 0 aliphatic carbocycles. The summed E-state index contributed by atoms with van der Waals surface area (Å²) in [6, 6.07) is 0. The van der Waals surface area contributed by atoms with Crippen LogP contribution in [-0.4, -0.2) is 179 Å². The number of rotatable bonds is 12. The van der Waals surface area contributed by atoms with Crippen molar-refractivity contribution in [1.82, 2.24) is 5.32 Å². The third-order valence-electron chi connectivity index (χ3n) is 7.06. The van der Waals surface area contributed by atoms with Gasteiger partial charge in [-0.25, -0.2) is 0 Å². The van der Waals surface area contributed by atoms with Gasteiger partial charge in [-0.3, -0.25) is 19.7 Å². The zero-order valence-corrected chi connectivity index (χ0v) is 21.6. The topological polar surface area (TPSA) is 349 Å². The van der Waals surface area contributed by atoms with Crippen molar-refractivity contribution in [3.05, 3.63) is 11.6 Å². The molecule has 3 rings (SSSR count). The van der Waals surface area contributed by atoms with Gasteiger partial charge in [0.25, 0.3) is 17.7 Å². The molecule has 20 heteroatoms. The first-order valence-electron chi connectivity index (χ1n) is 12.4. The van der Waals surface area contributed by atoms with Crippen LogP contribution in [0.1, 0.15) is 0 Å². The van der Waals surface area contributed by atoms with Crippen molar-refractivity contribution in [2.75, 3.05) is 19.8 Å². The highest BCUT2D eigenvalue weighted by molar-refractivity contribution is 6.20. The Morgan fingerprint density at radius 2 is 1.43 bits per heavy atom. The number of nitrogens with two attached hydrogens (primary N) is 1. The molecule has 0 saturated carbocycles. The number of amides is 3. The molecule has 2 fully saturated rings. The third kappa shape index (κ3) is 6.62. The zero-order valence-electron chi connectivity index (χ0n) is 21.6. The number of hydrogen-bond donors (Lipinski definition) is 13. The fourth-order valence-corrected chi connectivity index (χ4v) is 4.47. The SMILES string of the molecule is NC(=O)[C@@](O)(C1=CC(=O)NC1=O)[C@@H](O)[C@H](O)[C@H](O)CO[C@H]1O[C@H](CO[C@H]2O[C@H](CO)[C@@H](O)[C@H](O)[C@H]2O)[C@@H](O)[C@H](O)[C@H]1O. The number of carbonyl (C=O) groups is 3. The summed E-state index contributed by atoms with van der Waals surface area (Å²) in [5, 5.41) is 113. The number of primary amides is 1. The summed E-state index contributed by atoms with van der Waals surface area (Å²) in [5.41, 5.74) is 0.734. The lowest BCUT2D eigenvalue weighted by Crippen LogP contribution is -2.63. The van der Waals surface area contributed by atoms with Crippen molar-refractivity contribution in [1.29, 1.82) is 0 Å². The molecule has 0 aromatic rings. The molecule has 0 unspecified atom stereocenters. The molecule has 0 spiro atoms. The summed E-state index contributed by atoms with van der Waals surface area (Å²) in [6.45, 7) is -2.49. The van der Waals surface area contributed by atoms with Crippen LogP contribution in [-0.2, 0) is 33.3 Å². The van der Waals surface area contributed by atoms with Crippen LogP contribution in [0.4, 0.5) is 0 Å². The Morgan fingerprint density at radius 3 is 1.93 bits per heavy atom. The number of ether oxygens (including phenoxy) is 4. The van der Waals surface area contributed by atoms with Crippen LogP contribution >= 0.6 is 0 Å². The molecule has 3 aliphatic rings. The first-order chi connectivity index (χ1) is 19.6. The summed E-state index contributed by atoms with van der Waals surface area (Å²) in [5.74, 6) is -4.13. The monoisotopic (exact) mass is 614 g/mol. The maximum atomic E-state index is 11.9. The number of nitrogens with one attached hydrogen (secondary N) is 1. The minimum atomic E-state index is -3.34. The average molecular weight is 615 g/mol. The first kappa shape index (κ1) is 34.2. The number of hydrogen-bond acceptors (Lipinski definition) is 18. The van der Waals surface area contributed by atoms with E-state index < -0.39 is 128 Å². The van der Waals surface area contributed by atoms with E-state index >= 15 is 0 Å². The lowest BCUT2D eigenvalue weighted by Gasteiger charge is -2.43. The van der Waals surface area contributed by atoms with Gasteiger partial charge in [0.15, 0.2) is 12.6 Å². The summed E-state index contributed by atoms with van der Waals surface area (Å²) < 4.78 is 20.9. The van der Waals surface area contributed by atoms with Gasteiger partial charge in [0.2, 0.25) is 5.60 Å². The maximum absolute atomic E-state index is 11.9. The van der Waals surface area contributed by atoms with E-state index in [0.717, 1.165) is 0 Å². The van der Waals surface area contributed by atoms with Crippen molar-refractivity contribution in [2.45, 2.75) is 85.3 Å². The first-order valence-corrected chi connectivity index (χ1v) is 12.4. The number of imide groups is 1. The Balaban J connectivity index is 1.63. The Morgan fingerprint density at radius 1 is 0.905 bits per heavy atom. The molecule has 3 aliphatic heterocycles. The second-order valence-electron chi connectivity index (χ2n) is 9.89. The fourth-order valence-electron chi connectivity index (χ4n) is 4.47. The normalized spacial score (nSPS) is 39.2. The highest BCUT2D eigenvalue weighted by Crippen LogP contribution is 2.29. The highest BCUT2D eigenvalue weighted by atomic mass is 16.7. The van der Waals surface area contributed by atoms with Crippen molar-refractivity contribution in [3.63, 3.8) is 0 Å². The van der Waals surface area contributed by atoms with E-state index in [9.17, 15) is 70.6 Å². The van der Waals surface area contributed by atoms with Gasteiger partial charge in [-0.1, -0.05) is 0 Å². The molecule has 3 amide bonds. The largest absolute Gasteiger partial charge is 0.394 e. The van der Waals surface area contributed by atoms with Crippen LogP contribution < -0.4 is 11.1 Å². The van der Waals surface area contributed by atoms with Crippen LogP contribution in [0.25, 0.3) is 0 Å². The van der Waals surface area contributed by atoms with E-state index in [1.165, 1.54) is 0 Å². The Hall–Kier alpha value is -2.25. The van der Waals surface area contributed by atoms with Gasteiger partial charge < -0.3 is 80.9 Å².